The predicted octanol–water partition coefficient (Wildman–Crippen LogP) is 3.03. The zero-order valence-electron chi connectivity index (χ0n) is 13.4. The summed E-state index contributed by atoms with van der Waals surface area (Å²) in [6, 6.07) is 11.7. The molecule has 1 aromatic carbocycles. The molecule has 6 nitrogen and oxygen atoms in total. The minimum atomic E-state index is -0.0363. The maximum Gasteiger partial charge on any atom is 0.242 e. The molecule has 0 fully saturated rings. The van der Waals surface area contributed by atoms with Gasteiger partial charge in [-0.25, -0.2) is 4.52 Å². The minimum absolute atomic E-state index is 0.0152. The Kier molecular flexibility index (Phi) is 3.97. The van der Waals surface area contributed by atoms with Crippen molar-refractivity contribution < 1.29 is 4.79 Å². The Hall–Kier alpha value is -2.89. The number of carbonyl (C=O) groups excluding carboxylic acids is 1. The molecule has 0 saturated heterocycles. The van der Waals surface area contributed by atoms with Gasteiger partial charge in [0.2, 0.25) is 11.9 Å². The lowest BCUT2D eigenvalue weighted by Gasteiger charge is -2.08. The highest BCUT2D eigenvalue weighted by molar-refractivity contribution is 5.92. The summed E-state index contributed by atoms with van der Waals surface area (Å²) in [5.41, 5.74) is 3.67. The Morgan fingerprint density at radius 3 is 2.43 bits per heavy atom. The molecule has 0 radical (unpaired) electrons. The molecular weight excluding hydrogens is 290 g/mol. The SMILES string of the molecule is CNc1nc2ccc(-c3ccc(NC(=O)C(C)C)cc3)cn2n1. The summed E-state index contributed by atoms with van der Waals surface area (Å²) in [6.45, 7) is 3.74. The lowest BCUT2D eigenvalue weighted by atomic mass is 10.1. The van der Waals surface area contributed by atoms with Gasteiger partial charge in [-0.2, -0.15) is 4.98 Å². The fourth-order valence-electron chi connectivity index (χ4n) is 2.19. The van der Waals surface area contributed by atoms with Crippen LogP contribution in [0.4, 0.5) is 11.6 Å². The van der Waals surface area contributed by atoms with Crippen molar-refractivity contribution in [2.75, 3.05) is 17.7 Å². The van der Waals surface area contributed by atoms with Gasteiger partial charge in [-0.05, 0) is 29.8 Å². The smallest absolute Gasteiger partial charge is 0.242 e. The Morgan fingerprint density at radius 1 is 1.09 bits per heavy atom. The van der Waals surface area contributed by atoms with Gasteiger partial charge >= 0.3 is 0 Å². The lowest BCUT2D eigenvalue weighted by molar-refractivity contribution is -0.118. The molecule has 2 N–H and O–H groups in total. The summed E-state index contributed by atoms with van der Waals surface area (Å²) in [6.07, 6.45) is 1.94. The lowest BCUT2D eigenvalue weighted by Crippen LogP contribution is -2.17. The van der Waals surface area contributed by atoms with Gasteiger partial charge in [0, 0.05) is 30.4 Å². The van der Waals surface area contributed by atoms with Crippen LogP contribution in [-0.4, -0.2) is 27.6 Å². The fraction of sp³-hybridized carbons (Fsp3) is 0.235. The maximum absolute atomic E-state index is 11.7. The van der Waals surface area contributed by atoms with E-state index >= 15 is 0 Å². The molecule has 0 aliphatic carbocycles. The van der Waals surface area contributed by atoms with Crippen LogP contribution in [-0.2, 0) is 4.79 Å². The Balaban J connectivity index is 1.85. The van der Waals surface area contributed by atoms with Crippen molar-refractivity contribution in [2.45, 2.75) is 13.8 Å². The highest BCUT2D eigenvalue weighted by Gasteiger charge is 2.08. The largest absolute Gasteiger partial charge is 0.356 e. The number of nitrogens with one attached hydrogen (secondary N) is 2. The molecule has 0 atom stereocenters. The van der Waals surface area contributed by atoms with Crippen molar-refractivity contribution in [3.8, 4) is 11.1 Å². The van der Waals surface area contributed by atoms with E-state index in [0.717, 1.165) is 22.5 Å². The third-order valence-electron chi connectivity index (χ3n) is 3.56. The molecule has 6 heteroatoms. The summed E-state index contributed by atoms with van der Waals surface area (Å²) in [5.74, 6) is 0.570. The summed E-state index contributed by atoms with van der Waals surface area (Å²) < 4.78 is 1.75. The quantitative estimate of drug-likeness (QED) is 0.777. The number of hydrogen-bond acceptors (Lipinski definition) is 4. The van der Waals surface area contributed by atoms with Crippen molar-refractivity contribution in [2.24, 2.45) is 5.92 Å². The number of carbonyl (C=O) groups is 1. The zero-order chi connectivity index (χ0) is 16.4. The zero-order valence-corrected chi connectivity index (χ0v) is 13.4. The number of anilines is 2. The van der Waals surface area contributed by atoms with E-state index in [-0.39, 0.29) is 11.8 Å². The van der Waals surface area contributed by atoms with Crippen molar-refractivity contribution in [1.29, 1.82) is 0 Å². The number of benzene rings is 1. The molecule has 3 rings (SSSR count). The second kappa shape index (κ2) is 6.08. The van der Waals surface area contributed by atoms with E-state index in [9.17, 15) is 4.79 Å². The van der Waals surface area contributed by atoms with Crippen molar-refractivity contribution in [3.63, 3.8) is 0 Å². The molecule has 0 unspecified atom stereocenters. The minimum Gasteiger partial charge on any atom is -0.356 e. The molecule has 23 heavy (non-hydrogen) atoms. The first kappa shape index (κ1) is 15.0. The average molecular weight is 309 g/mol. The van der Waals surface area contributed by atoms with Crippen LogP contribution in [0.15, 0.2) is 42.6 Å². The summed E-state index contributed by atoms with van der Waals surface area (Å²) in [7, 11) is 1.79. The number of aromatic nitrogens is 3. The van der Waals surface area contributed by atoms with Crippen LogP contribution >= 0.6 is 0 Å². The van der Waals surface area contributed by atoms with E-state index in [0.29, 0.717) is 5.95 Å². The number of amides is 1. The van der Waals surface area contributed by atoms with Gasteiger partial charge in [0.05, 0.1) is 0 Å². The van der Waals surface area contributed by atoms with E-state index < -0.39 is 0 Å². The number of fused-ring (bicyclic) bond motifs is 1. The first-order valence-electron chi connectivity index (χ1n) is 7.52. The molecule has 0 spiro atoms. The van der Waals surface area contributed by atoms with E-state index in [1.165, 1.54) is 0 Å². The van der Waals surface area contributed by atoms with Gasteiger partial charge < -0.3 is 10.6 Å². The van der Waals surface area contributed by atoms with Crippen molar-refractivity contribution >= 4 is 23.2 Å². The van der Waals surface area contributed by atoms with Crippen LogP contribution in [0.5, 0.6) is 0 Å². The van der Waals surface area contributed by atoms with Gasteiger partial charge in [0.1, 0.15) is 0 Å². The maximum atomic E-state index is 11.7. The van der Waals surface area contributed by atoms with Crippen LogP contribution in [0, 0.1) is 5.92 Å². The Labute approximate surface area is 134 Å². The molecule has 1 amide bonds. The second-order valence-electron chi connectivity index (χ2n) is 5.63. The van der Waals surface area contributed by atoms with Crippen LogP contribution in [0.2, 0.25) is 0 Å². The monoisotopic (exact) mass is 309 g/mol. The first-order valence-corrected chi connectivity index (χ1v) is 7.52. The Bertz CT molecular complexity index is 836. The number of nitrogens with zero attached hydrogens (tertiary/aromatic N) is 3. The summed E-state index contributed by atoms with van der Waals surface area (Å²) in [4.78, 5) is 16.0. The molecule has 2 aromatic heterocycles. The molecule has 0 aliphatic heterocycles. The molecule has 0 saturated carbocycles. The highest BCUT2D eigenvalue weighted by atomic mass is 16.1. The standard InChI is InChI=1S/C17H19N5O/c1-11(2)16(23)19-14-7-4-12(5-8-14)13-6-9-15-20-17(18-3)21-22(15)10-13/h4-11H,1-3H3,(H,18,21)(H,19,23). The molecule has 0 bridgehead atoms. The van der Waals surface area contributed by atoms with Crippen LogP contribution in [0.3, 0.4) is 0 Å². The molecular formula is C17H19N5O. The summed E-state index contributed by atoms with van der Waals surface area (Å²) in [5, 5.41) is 10.1. The Morgan fingerprint density at radius 2 is 1.78 bits per heavy atom. The van der Waals surface area contributed by atoms with E-state index in [2.05, 4.69) is 20.7 Å². The van der Waals surface area contributed by atoms with E-state index in [4.69, 9.17) is 0 Å². The topological polar surface area (TPSA) is 71.3 Å². The number of pyridine rings is 1. The predicted molar refractivity (Wildman–Crippen MR) is 91.4 cm³/mol. The van der Waals surface area contributed by atoms with Crippen molar-refractivity contribution in [3.05, 3.63) is 42.6 Å². The molecule has 0 aliphatic rings. The first-order chi connectivity index (χ1) is 11.1. The number of hydrogen-bond donors (Lipinski definition) is 2. The van der Waals surface area contributed by atoms with Gasteiger partial charge in [-0.3, -0.25) is 4.79 Å². The molecule has 118 valence electrons. The average Bonchev–Trinajstić information content (AvgIpc) is 2.97. The van der Waals surface area contributed by atoms with Crippen LogP contribution in [0.25, 0.3) is 16.8 Å². The van der Waals surface area contributed by atoms with Gasteiger partial charge in [0.15, 0.2) is 5.65 Å². The van der Waals surface area contributed by atoms with Gasteiger partial charge in [0.25, 0.3) is 0 Å². The van der Waals surface area contributed by atoms with Gasteiger partial charge in [-0.15, -0.1) is 5.10 Å². The molecule has 2 heterocycles. The second-order valence-corrected chi connectivity index (χ2v) is 5.63. The van der Waals surface area contributed by atoms with Crippen LogP contribution < -0.4 is 10.6 Å². The van der Waals surface area contributed by atoms with Crippen molar-refractivity contribution in [1.82, 2.24) is 14.6 Å². The highest BCUT2D eigenvalue weighted by Crippen LogP contribution is 2.22. The van der Waals surface area contributed by atoms with E-state index in [1.54, 1.807) is 11.6 Å². The van der Waals surface area contributed by atoms with Gasteiger partial charge in [-0.1, -0.05) is 26.0 Å². The van der Waals surface area contributed by atoms with Crippen LogP contribution in [0.1, 0.15) is 13.8 Å². The fourth-order valence-corrected chi connectivity index (χ4v) is 2.19. The third kappa shape index (κ3) is 3.15. The number of rotatable bonds is 4. The summed E-state index contributed by atoms with van der Waals surface area (Å²) >= 11 is 0. The molecule has 3 aromatic rings. The third-order valence-corrected chi connectivity index (χ3v) is 3.56. The van der Waals surface area contributed by atoms with E-state index in [1.807, 2.05) is 56.4 Å². The normalized spacial score (nSPS) is 11.0.